The molecular formula is C11H25N3O3S. The van der Waals surface area contributed by atoms with Gasteiger partial charge in [0.25, 0.3) is 0 Å². The molecule has 0 aromatic rings. The minimum absolute atomic E-state index is 0.0659. The molecule has 0 rings (SSSR count). The molecule has 0 heterocycles. The van der Waals surface area contributed by atoms with Gasteiger partial charge in [0.05, 0.1) is 19.0 Å². The lowest BCUT2D eigenvalue weighted by Crippen LogP contribution is -2.39. The molecule has 0 radical (unpaired) electrons. The second-order valence-electron chi connectivity index (χ2n) is 4.02. The maximum absolute atomic E-state index is 10.8. The fourth-order valence-electron chi connectivity index (χ4n) is 1.16. The van der Waals surface area contributed by atoms with Gasteiger partial charge in [-0.1, -0.05) is 13.3 Å². The van der Waals surface area contributed by atoms with Crippen molar-refractivity contribution in [3.63, 3.8) is 0 Å². The van der Waals surface area contributed by atoms with Crippen LogP contribution in [0.3, 0.4) is 0 Å². The van der Waals surface area contributed by atoms with Gasteiger partial charge in [-0.3, -0.25) is 4.99 Å². The van der Waals surface area contributed by atoms with Gasteiger partial charge in [0.15, 0.2) is 5.96 Å². The highest BCUT2D eigenvalue weighted by Crippen LogP contribution is 1.84. The number of hydrogen-bond donors (Lipinski definition) is 2. The van der Waals surface area contributed by atoms with Crippen molar-refractivity contribution in [3.05, 3.63) is 0 Å². The van der Waals surface area contributed by atoms with E-state index in [9.17, 15) is 8.42 Å². The predicted molar refractivity (Wildman–Crippen MR) is 74.8 cm³/mol. The maximum atomic E-state index is 10.8. The Morgan fingerprint density at radius 2 is 1.89 bits per heavy atom. The van der Waals surface area contributed by atoms with Crippen molar-refractivity contribution in [3.8, 4) is 0 Å². The first-order valence-electron chi connectivity index (χ1n) is 6.19. The van der Waals surface area contributed by atoms with Crippen LogP contribution in [-0.4, -0.2) is 59.7 Å². The van der Waals surface area contributed by atoms with Crippen LogP contribution in [0, 0.1) is 0 Å². The topological polar surface area (TPSA) is 79.8 Å². The number of nitrogens with one attached hydrogen (secondary N) is 2. The van der Waals surface area contributed by atoms with Crippen LogP contribution < -0.4 is 10.6 Å². The monoisotopic (exact) mass is 279 g/mol. The van der Waals surface area contributed by atoms with E-state index in [1.165, 1.54) is 6.26 Å². The molecule has 0 spiro atoms. The first-order chi connectivity index (χ1) is 8.49. The van der Waals surface area contributed by atoms with Gasteiger partial charge in [-0.15, -0.1) is 0 Å². The molecule has 0 atom stereocenters. The third-order valence-corrected chi connectivity index (χ3v) is 3.09. The normalized spacial score (nSPS) is 12.5. The first-order valence-corrected chi connectivity index (χ1v) is 8.25. The highest BCUT2D eigenvalue weighted by atomic mass is 32.2. The summed E-state index contributed by atoms with van der Waals surface area (Å²) in [6, 6.07) is 0. The molecule has 0 bridgehead atoms. The van der Waals surface area contributed by atoms with Crippen molar-refractivity contribution in [1.29, 1.82) is 0 Å². The summed E-state index contributed by atoms with van der Waals surface area (Å²) in [5, 5.41) is 6.26. The highest BCUT2D eigenvalue weighted by molar-refractivity contribution is 7.90. The molecule has 0 aromatic carbocycles. The van der Waals surface area contributed by atoms with Crippen LogP contribution in [0.1, 0.15) is 19.8 Å². The molecule has 0 saturated heterocycles. The van der Waals surface area contributed by atoms with E-state index in [0.717, 1.165) is 25.3 Å². The Morgan fingerprint density at radius 1 is 1.22 bits per heavy atom. The molecular weight excluding hydrogens is 254 g/mol. The molecule has 108 valence electrons. The Kier molecular flexibility index (Phi) is 9.67. The molecule has 0 aliphatic rings. The van der Waals surface area contributed by atoms with Crippen LogP contribution in [0.4, 0.5) is 0 Å². The van der Waals surface area contributed by atoms with Crippen LogP contribution in [0.25, 0.3) is 0 Å². The Hall–Kier alpha value is -0.820. The van der Waals surface area contributed by atoms with Crippen molar-refractivity contribution in [2.75, 3.05) is 45.4 Å². The maximum Gasteiger partial charge on any atom is 0.191 e. The van der Waals surface area contributed by atoms with Gasteiger partial charge in [0.1, 0.15) is 9.84 Å². The number of unbranched alkanes of at least 4 members (excludes halogenated alkanes) is 1. The molecule has 0 unspecified atom stereocenters. The quantitative estimate of drug-likeness (QED) is 0.353. The van der Waals surface area contributed by atoms with Crippen LogP contribution >= 0.6 is 0 Å². The summed E-state index contributed by atoms with van der Waals surface area (Å²) in [7, 11) is -1.21. The number of nitrogens with zero attached hydrogens (tertiary/aromatic N) is 1. The Morgan fingerprint density at radius 3 is 2.44 bits per heavy atom. The summed E-state index contributed by atoms with van der Waals surface area (Å²) in [5.41, 5.74) is 0. The van der Waals surface area contributed by atoms with Gasteiger partial charge in [-0.05, 0) is 6.42 Å². The molecule has 7 heteroatoms. The average Bonchev–Trinajstić information content (AvgIpc) is 2.30. The molecule has 0 aromatic heterocycles. The molecule has 6 nitrogen and oxygen atoms in total. The SMILES string of the molecule is CCCCNC(=NC)NCCOCCS(C)(=O)=O. The minimum atomic E-state index is -2.93. The fraction of sp³-hybridized carbons (Fsp3) is 0.909. The first kappa shape index (κ1) is 17.2. The standard InChI is InChI=1S/C11H25N3O3S/c1-4-5-6-13-11(12-2)14-7-8-17-9-10-18(3,15)16/h4-10H2,1-3H3,(H2,12,13,14). The summed E-state index contributed by atoms with van der Waals surface area (Å²) in [5.74, 6) is 0.811. The minimum Gasteiger partial charge on any atom is -0.379 e. The Balaban J connectivity index is 3.51. The van der Waals surface area contributed by atoms with Gasteiger partial charge >= 0.3 is 0 Å². The number of rotatable bonds is 9. The zero-order valence-corrected chi connectivity index (χ0v) is 12.3. The number of hydrogen-bond acceptors (Lipinski definition) is 4. The summed E-state index contributed by atoms with van der Waals surface area (Å²) in [6.07, 6.45) is 3.44. The molecule has 2 N–H and O–H groups in total. The van der Waals surface area contributed by atoms with Crippen molar-refractivity contribution >= 4 is 15.8 Å². The van der Waals surface area contributed by atoms with Gasteiger partial charge in [-0.25, -0.2) is 8.42 Å². The molecule has 0 fully saturated rings. The van der Waals surface area contributed by atoms with E-state index in [1.807, 2.05) is 0 Å². The zero-order chi connectivity index (χ0) is 13.9. The number of sulfone groups is 1. The summed E-state index contributed by atoms with van der Waals surface area (Å²) in [4.78, 5) is 4.06. The van der Waals surface area contributed by atoms with Gasteiger partial charge < -0.3 is 15.4 Å². The lowest BCUT2D eigenvalue weighted by Gasteiger charge is -2.11. The van der Waals surface area contributed by atoms with E-state index < -0.39 is 9.84 Å². The van der Waals surface area contributed by atoms with Crippen molar-refractivity contribution in [1.82, 2.24) is 10.6 Å². The van der Waals surface area contributed by atoms with E-state index in [1.54, 1.807) is 7.05 Å². The molecule has 0 saturated carbocycles. The van der Waals surface area contributed by atoms with Crippen LogP contribution in [-0.2, 0) is 14.6 Å². The third kappa shape index (κ3) is 11.7. The molecule has 0 amide bonds. The number of guanidine groups is 1. The van der Waals surface area contributed by atoms with Crippen molar-refractivity contribution in [2.24, 2.45) is 4.99 Å². The molecule has 0 aliphatic heterocycles. The van der Waals surface area contributed by atoms with E-state index in [0.29, 0.717) is 13.2 Å². The average molecular weight is 279 g/mol. The van der Waals surface area contributed by atoms with Crippen molar-refractivity contribution in [2.45, 2.75) is 19.8 Å². The smallest absolute Gasteiger partial charge is 0.191 e. The Labute approximate surface area is 110 Å². The second-order valence-corrected chi connectivity index (χ2v) is 6.28. The lowest BCUT2D eigenvalue weighted by molar-refractivity contribution is 0.154. The Bertz CT molecular complexity index is 328. The largest absolute Gasteiger partial charge is 0.379 e. The third-order valence-electron chi connectivity index (χ3n) is 2.18. The lowest BCUT2D eigenvalue weighted by atomic mass is 10.3. The molecule has 18 heavy (non-hydrogen) atoms. The van der Waals surface area contributed by atoms with Crippen LogP contribution in [0.15, 0.2) is 4.99 Å². The predicted octanol–water partition coefficient (Wildman–Crippen LogP) is 0.0127. The van der Waals surface area contributed by atoms with Crippen LogP contribution in [0.2, 0.25) is 0 Å². The fourth-order valence-corrected chi connectivity index (χ4v) is 1.58. The number of ether oxygens (including phenoxy) is 1. The van der Waals surface area contributed by atoms with Gasteiger partial charge in [0.2, 0.25) is 0 Å². The van der Waals surface area contributed by atoms with E-state index >= 15 is 0 Å². The number of aliphatic imine (C=N–C) groups is 1. The summed E-state index contributed by atoms with van der Waals surface area (Å²) < 4.78 is 26.9. The summed E-state index contributed by atoms with van der Waals surface area (Å²) >= 11 is 0. The van der Waals surface area contributed by atoms with E-state index in [4.69, 9.17) is 4.74 Å². The van der Waals surface area contributed by atoms with Gasteiger partial charge in [-0.2, -0.15) is 0 Å². The van der Waals surface area contributed by atoms with Crippen molar-refractivity contribution < 1.29 is 13.2 Å². The van der Waals surface area contributed by atoms with E-state index in [-0.39, 0.29) is 12.4 Å². The van der Waals surface area contributed by atoms with Gasteiger partial charge in [0, 0.05) is 26.4 Å². The molecule has 0 aliphatic carbocycles. The van der Waals surface area contributed by atoms with E-state index in [2.05, 4.69) is 22.5 Å². The zero-order valence-electron chi connectivity index (χ0n) is 11.5. The highest BCUT2D eigenvalue weighted by Gasteiger charge is 2.01. The van der Waals surface area contributed by atoms with Crippen LogP contribution in [0.5, 0.6) is 0 Å². The second kappa shape index (κ2) is 10.1. The summed E-state index contributed by atoms with van der Waals surface area (Å²) in [6.45, 7) is 4.33.